The molecule has 1 saturated carbocycles. The molecule has 1 aliphatic carbocycles. The number of aromatic nitrogens is 2. The van der Waals surface area contributed by atoms with Crippen molar-refractivity contribution in [2.24, 2.45) is 5.41 Å². The number of aromatic amines is 1. The van der Waals surface area contributed by atoms with Gasteiger partial charge < -0.3 is 10.3 Å². The highest BCUT2D eigenvalue weighted by Gasteiger charge is 2.27. The Labute approximate surface area is 116 Å². The van der Waals surface area contributed by atoms with Crippen molar-refractivity contribution in [1.82, 2.24) is 15.3 Å². The number of hydrogen-bond donors (Lipinski definition) is 2. The van der Waals surface area contributed by atoms with Crippen molar-refractivity contribution in [3.8, 4) is 0 Å². The molecule has 2 aromatic rings. The number of H-pyrrole nitrogens is 1. The highest BCUT2D eigenvalue weighted by Crippen LogP contribution is 2.35. The van der Waals surface area contributed by atoms with Gasteiger partial charge in [0.2, 0.25) is 0 Å². The van der Waals surface area contributed by atoms with Crippen molar-refractivity contribution in [2.75, 3.05) is 0 Å². The molecule has 0 aliphatic heterocycles. The number of fused-ring (bicyclic) bond motifs is 1. The molecular weight excluding hydrogens is 258 g/mol. The van der Waals surface area contributed by atoms with Gasteiger partial charge in [-0.1, -0.05) is 13.8 Å². The van der Waals surface area contributed by atoms with Gasteiger partial charge in [0, 0.05) is 6.04 Å². The zero-order valence-electron chi connectivity index (χ0n) is 11.3. The van der Waals surface area contributed by atoms with Gasteiger partial charge in [0.1, 0.15) is 11.3 Å². The highest BCUT2D eigenvalue weighted by molar-refractivity contribution is 7.16. The molecule has 3 rings (SSSR count). The van der Waals surface area contributed by atoms with Crippen LogP contribution in [0.3, 0.4) is 0 Å². The summed E-state index contributed by atoms with van der Waals surface area (Å²) in [6, 6.07) is 2.20. The van der Waals surface area contributed by atoms with Crippen LogP contribution in [0.25, 0.3) is 10.3 Å². The van der Waals surface area contributed by atoms with Crippen LogP contribution in [0.4, 0.5) is 0 Å². The maximum absolute atomic E-state index is 12.2. The molecule has 0 aromatic carbocycles. The molecule has 0 atom stereocenters. The number of nitrogens with one attached hydrogen (secondary N) is 2. The van der Waals surface area contributed by atoms with Crippen LogP contribution in [-0.4, -0.2) is 21.9 Å². The Balaban J connectivity index is 1.64. The summed E-state index contributed by atoms with van der Waals surface area (Å²) in [6.45, 7) is 4.60. The summed E-state index contributed by atoms with van der Waals surface area (Å²) in [4.78, 5) is 19.4. The van der Waals surface area contributed by atoms with E-state index in [0.29, 0.717) is 17.2 Å². The normalized spacial score (nSPS) is 19.7. The summed E-state index contributed by atoms with van der Waals surface area (Å²) < 4.78 is 1.04. The largest absolute Gasteiger partial charge is 0.348 e. The molecule has 5 heteroatoms. The smallest absolute Gasteiger partial charge is 0.268 e. The lowest BCUT2D eigenvalue weighted by molar-refractivity contribution is 0.0905. The van der Waals surface area contributed by atoms with Gasteiger partial charge >= 0.3 is 0 Å². The Morgan fingerprint density at radius 3 is 2.89 bits per heavy atom. The van der Waals surface area contributed by atoms with E-state index in [1.165, 1.54) is 12.8 Å². The fourth-order valence-electron chi connectivity index (χ4n) is 2.68. The van der Waals surface area contributed by atoms with Gasteiger partial charge in [-0.25, -0.2) is 4.98 Å². The topological polar surface area (TPSA) is 57.8 Å². The molecule has 1 amide bonds. The van der Waals surface area contributed by atoms with Gasteiger partial charge in [-0.05, 0) is 37.2 Å². The molecule has 0 saturated heterocycles. The van der Waals surface area contributed by atoms with Crippen molar-refractivity contribution in [3.05, 3.63) is 17.3 Å². The number of amides is 1. The molecule has 0 radical (unpaired) electrons. The van der Waals surface area contributed by atoms with E-state index in [0.717, 1.165) is 23.2 Å². The Kier molecular flexibility index (Phi) is 3.09. The molecule has 2 N–H and O–H groups in total. The molecule has 2 heterocycles. The second-order valence-electron chi connectivity index (χ2n) is 6.16. The molecule has 0 unspecified atom stereocenters. The van der Waals surface area contributed by atoms with Gasteiger partial charge in [-0.15, -0.1) is 11.3 Å². The van der Waals surface area contributed by atoms with E-state index >= 15 is 0 Å². The van der Waals surface area contributed by atoms with E-state index in [9.17, 15) is 4.79 Å². The van der Waals surface area contributed by atoms with Crippen LogP contribution in [0.2, 0.25) is 0 Å². The number of rotatable bonds is 2. The predicted octanol–water partition coefficient (Wildman–Crippen LogP) is 3.32. The minimum atomic E-state index is -0.00472. The first-order valence-corrected chi connectivity index (χ1v) is 7.65. The molecule has 4 nitrogen and oxygen atoms in total. The Morgan fingerprint density at radius 2 is 2.21 bits per heavy atom. The third-order valence-corrected chi connectivity index (χ3v) is 4.82. The van der Waals surface area contributed by atoms with E-state index in [2.05, 4.69) is 29.1 Å². The number of hydrogen-bond acceptors (Lipinski definition) is 3. The standard InChI is InChI=1S/C14H19N3OS/c1-14(2)5-3-9(4-6-14)16-13(18)10-7-11-12(17-10)15-8-19-11/h7-9,17H,3-6H2,1-2H3,(H,16,18). The average molecular weight is 277 g/mol. The lowest BCUT2D eigenvalue weighted by Crippen LogP contribution is -2.39. The minimum absolute atomic E-state index is 0.00472. The molecule has 0 bridgehead atoms. The first-order valence-electron chi connectivity index (χ1n) is 6.77. The monoisotopic (exact) mass is 277 g/mol. The Hall–Kier alpha value is -1.36. The summed E-state index contributed by atoms with van der Waals surface area (Å²) in [5.41, 5.74) is 3.64. The SMILES string of the molecule is CC1(C)CCC(NC(=O)c2cc3scnc3[nH]2)CC1. The van der Waals surface area contributed by atoms with E-state index < -0.39 is 0 Å². The summed E-state index contributed by atoms with van der Waals surface area (Å²) in [6.07, 6.45) is 4.51. The van der Waals surface area contributed by atoms with Crippen molar-refractivity contribution in [1.29, 1.82) is 0 Å². The predicted molar refractivity (Wildman–Crippen MR) is 77.5 cm³/mol. The van der Waals surface area contributed by atoms with Crippen LogP contribution in [0.5, 0.6) is 0 Å². The zero-order chi connectivity index (χ0) is 13.5. The van der Waals surface area contributed by atoms with Crippen molar-refractivity contribution in [3.63, 3.8) is 0 Å². The van der Waals surface area contributed by atoms with Gasteiger partial charge in [0.25, 0.3) is 5.91 Å². The maximum Gasteiger partial charge on any atom is 0.268 e. The molecular formula is C14H19N3OS. The van der Waals surface area contributed by atoms with E-state index in [1.807, 2.05) is 6.07 Å². The van der Waals surface area contributed by atoms with Gasteiger partial charge in [0.15, 0.2) is 0 Å². The van der Waals surface area contributed by atoms with Gasteiger partial charge in [-0.3, -0.25) is 4.79 Å². The van der Waals surface area contributed by atoms with Crippen molar-refractivity contribution < 1.29 is 4.79 Å². The third kappa shape index (κ3) is 2.66. The van der Waals surface area contributed by atoms with Crippen LogP contribution in [0.15, 0.2) is 11.6 Å². The number of carbonyl (C=O) groups is 1. The minimum Gasteiger partial charge on any atom is -0.348 e. The summed E-state index contributed by atoms with van der Waals surface area (Å²) in [5, 5.41) is 3.13. The van der Waals surface area contributed by atoms with Crippen LogP contribution in [0, 0.1) is 5.41 Å². The molecule has 2 aromatic heterocycles. The lowest BCUT2D eigenvalue weighted by atomic mass is 9.75. The van der Waals surface area contributed by atoms with Crippen LogP contribution in [-0.2, 0) is 0 Å². The third-order valence-electron chi connectivity index (χ3n) is 4.04. The first kappa shape index (κ1) is 12.7. The Morgan fingerprint density at radius 1 is 1.47 bits per heavy atom. The quantitative estimate of drug-likeness (QED) is 0.884. The fraction of sp³-hybridized carbons (Fsp3) is 0.571. The van der Waals surface area contributed by atoms with Crippen LogP contribution in [0.1, 0.15) is 50.0 Å². The molecule has 19 heavy (non-hydrogen) atoms. The molecule has 1 aliphatic rings. The van der Waals surface area contributed by atoms with Crippen molar-refractivity contribution >= 4 is 27.6 Å². The van der Waals surface area contributed by atoms with Crippen molar-refractivity contribution in [2.45, 2.75) is 45.6 Å². The second-order valence-corrected chi connectivity index (χ2v) is 7.05. The summed E-state index contributed by atoms with van der Waals surface area (Å²) in [7, 11) is 0. The molecule has 102 valence electrons. The average Bonchev–Trinajstić information content (AvgIpc) is 2.92. The maximum atomic E-state index is 12.2. The number of carbonyl (C=O) groups excluding carboxylic acids is 1. The zero-order valence-corrected chi connectivity index (χ0v) is 12.1. The number of nitrogens with zero attached hydrogens (tertiary/aromatic N) is 1. The first-order chi connectivity index (χ1) is 9.03. The second kappa shape index (κ2) is 4.63. The summed E-state index contributed by atoms with van der Waals surface area (Å²) >= 11 is 1.55. The van der Waals surface area contributed by atoms with Crippen LogP contribution < -0.4 is 5.32 Å². The summed E-state index contributed by atoms with van der Waals surface area (Å²) in [5.74, 6) is -0.00472. The van der Waals surface area contributed by atoms with E-state index in [-0.39, 0.29) is 5.91 Å². The van der Waals surface area contributed by atoms with Gasteiger partial charge in [0.05, 0.1) is 10.2 Å². The molecule has 0 spiro atoms. The highest BCUT2D eigenvalue weighted by atomic mass is 32.1. The lowest BCUT2D eigenvalue weighted by Gasteiger charge is -2.34. The number of thiazole rings is 1. The van der Waals surface area contributed by atoms with Crippen LogP contribution >= 0.6 is 11.3 Å². The Bertz CT molecular complexity index is 560. The van der Waals surface area contributed by atoms with E-state index in [1.54, 1.807) is 16.8 Å². The fourth-order valence-corrected chi connectivity index (χ4v) is 3.35. The van der Waals surface area contributed by atoms with Gasteiger partial charge in [-0.2, -0.15) is 0 Å². The van der Waals surface area contributed by atoms with E-state index in [4.69, 9.17) is 0 Å². The molecule has 1 fully saturated rings.